The number of carbonyl (C=O) groups excluding carboxylic acids is 2. The SMILES string of the molecule is Cc1cc2c(cnn2-c2ccc(F)cc2)cc1[C@@]12CN(C(=O)c3cccc(-c4cc(-n5ncc6cc([C@]78CN(C(=O)c9ccccn9)C[C@H]7[C@@H]8c7ccccc7)c(C)cc65)ccc4F)n3)C[C@@H]1[C@H]2c1ccccc1. The van der Waals surface area contributed by atoms with Crippen LogP contribution in [0.1, 0.15) is 66.2 Å². The standard InChI is InChI=1S/C62H48F2N8O2/c1-37-26-55-41(31-66-71(55)44-21-19-43(63)20-22-44)28-47(37)62-36-70(34-50(62)58(62)40-14-7-4-8-15-40)60(74)54-18-11-17-52(68-54)46-30-45(23-24-51(46)64)72-56-27-38(2)48(29-42(56)32-67-72)61-35-69(59(73)53-16-9-10-25-65-53)33-49(61)57(61)39-12-5-3-6-13-39/h3-32,49-50,57-58H,33-36H2,1-2H3/t49-,50+,57-,58+,61+,62-/m0/s1. The first kappa shape index (κ1) is 44.1. The second-order valence-corrected chi connectivity index (χ2v) is 20.8. The largest absolute Gasteiger partial charge is 0.336 e. The number of piperidine rings is 2. The molecular formula is C62H48F2N8O2. The van der Waals surface area contributed by atoms with E-state index in [2.05, 4.69) is 91.6 Å². The number of aryl methyl sites for hydroxylation is 2. The molecule has 362 valence electrons. The summed E-state index contributed by atoms with van der Waals surface area (Å²) in [4.78, 5) is 41.5. The van der Waals surface area contributed by atoms with Gasteiger partial charge in [-0.1, -0.05) is 72.8 Å². The van der Waals surface area contributed by atoms with Crippen LogP contribution in [0, 0.1) is 37.3 Å². The summed E-state index contributed by atoms with van der Waals surface area (Å²) in [6, 6.07) is 51.8. The minimum Gasteiger partial charge on any atom is -0.336 e. The molecule has 6 aromatic carbocycles. The summed E-state index contributed by atoms with van der Waals surface area (Å²) < 4.78 is 33.6. The van der Waals surface area contributed by atoms with Gasteiger partial charge in [-0.25, -0.2) is 23.1 Å². The number of halogens is 2. The Hall–Kier alpha value is -8.64. The Kier molecular flexibility index (Phi) is 9.80. The minimum absolute atomic E-state index is 0.0551. The molecule has 14 rings (SSSR count). The van der Waals surface area contributed by atoms with Crippen molar-refractivity contribution in [3.8, 4) is 22.6 Å². The fourth-order valence-electron chi connectivity index (χ4n) is 13.5. The molecule has 2 aliphatic heterocycles. The number of amides is 2. The van der Waals surface area contributed by atoms with Gasteiger partial charge in [-0.05, 0) is 150 Å². The van der Waals surface area contributed by atoms with Crippen LogP contribution in [0.25, 0.3) is 44.4 Å². The molecule has 10 nitrogen and oxygen atoms in total. The molecule has 6 atom stereocenters. The van der Waals surface area contributed by atoms with Crippen molar-refractivity contribution < 1.29 is 18.4 Å². The van der Waals surface area contributed by atoms with Crippen LogP contribution in [0.3, 0.4) is 0 Å². The Morgan fingerprint density at radius 1 is 0.554 bits per heavy atom. The summed E-state index contributed by atoms with van der Waals surface area (Å²) in [5.41, 5.74) is 11.0. The quantitative estimate of drug-likeness (QED) is 0.143. The lowest BCUT2D eigenvalue weighted by atomic mass is 9.86. The van der Waals surface area contributed by atoms with Crippen LogP contribution in [0.2, 0.25) is 0 Å². The van der Waals surface area contributed by atoms with Crippen molar-refractivity contribution in [1.29, 1.82) is 0 Å². The fraction of sp³-hybridized carbons (Fsp3) is 0.194. The summed E-state index contributed by atoms with van der Waals surface area (Å²) in [6.07, 6.45) is 5.37. The lowest BCUT2D eigenvalue weighted by Gasteiger charge is -2.26. The van der Waals surface area contributed by atoms with E-state index in [0.717, 1.165) is 38.6 Å². The summed E-state index contributed by atoms with van der Waals surface area (Å²) >= 11 is 0. The van der Waals surface area contributed by atoms with E-state index in [1.54, 1.807) is 54.7 Å². The fourth-order valence-corrected chi connectivity index (χ4v) is 13.5. The van der Waals surface area contributed by atoms with Gasteiger partial charge >= 0.3 is 0 Å². The lowest BCUT2D eigenvalue weighted by molar-refractivity contribution is 0.0756. The van der Waals surface area contributed by atoms with E-state index in [9.17, 15) is 14.0 Å². The van der Waals surface area contributed by atoms with Gasteiger partial charge in [0.1, 0.15) is 23.0 Å². The highest BCUT2D eigenvalue weighted by Gasteiger charge is 2.72. The third-order valence-electron chi connectivity index (χ3n) is 16.9. The third-order valence-corrected chi connectivity index (χ3v) is 16.9. The molecule has 4 aromatic heterocycles. The number of aromatic nitrogens is 6. The highest BCUT2D eigenvalue weighted by Crippen LogP contribution is 2.71. The predicted octanol–water partition coefficient (Wildman–Crippen LogP) is 11.3. The second-order valence-electron chi connectivity index (χ2n) is 20.8. The molecule has 4 fully saturated rings. The molecule has 74 heavy (non-hydrogen) atoms. The molecule has 2 saturated heterocycles. The number of hydrogen-bond acceptors (Lipinski definition) is 6. The molecule has 2 aliphatic carbocycles. The van der Waals surface area contributed by atoms with E-state index >= 15 is 4.39 Å². The number of rotatable bonds is 9. The normalized spacial score (nSPS) is 22.5. The molecule has 0 N–H and O–H groups in total. The van der Waals surface area contributed by atoms with Gasteiger partial charge in [0.25, 0.3) is 11.8 Å². The predicted molar refractivity (Wildman–Crippen MR) is 280 cm³/mol. The first-order valence-corrected chi connectivity index (χ1v) is 25.2. The molecule has 6 heterocycles. The van der Waals surface area contributed by atoms with Crippen molar-refractivity contribution in [1.82, 2.24) is 39.3 Å². The van der Waals surface area contributed by atoms with Gasteiger partial charge in [0, 0.05) is 71.4 Å². The van der Waals surface area contributed by atoms with E-state index in [4.69, 9.17) is 15.2 Å². The third kappa shape index (κ3) is 6.66. The summed E-state index contributed by atoms with van der Waals surface area (Å²) in [7, 11) is 0. The number of benzene rings is 6. The van der Waals surface area contributed by atoms with Gasteiger partial charge in [0.2, 0.25) is 0 Å². The van der Waals surface area contributed by atoms with Gasteiger partial charge < -0.3 is 9.80 Å². The van der Waals surface area contributed by atoms with E-state index < -0.39 is 5.82 Å². The maximum absolute atomic E-state index is 16.1. The smallest absolute Gasteiger partial charge is 0.272 e. The summed E-state index contributed by atoms with van der Waals surface area (Å²) in [6.45, 7) is 6.52. The van der Waals surface area contributed by atoms with Crippen LogP contribution in [0.15, 0.2) is 182 Å². The van der Waals surface area contributed by atoms with E-state index in [-0.39, 0.29) is 63.4 Å². The molecule has 0 spiro atoms. The molecule has 2 amide bonds. The Labute approximate surface area is 425 Å². The van der Waals surface area contributed by atoms with Gasteiger partial charge in [-0.15, -0.1) is 0 Å². The summed E-state index contributed by atoms with van der Waals surface area (Å²) in [5.74, 6) is -0.141. The molecule has 12 heteroatoms. The molecule has 0 unspecified atom stereocenters. The number of carbonyl (C=O) groups is 2. The maximum atomic E-state index is 16.1. The van der Waals surface area contributed by atoms with Crippen molar-refractivity contribution in [2.24, 2.45) is 11.8 Å². The molecule has 0 bridgehead atoms. The van der Waals surface area contributed by atoms with Crippen LogP contribution in [0.4, 0.5) is 8.78 Å². The first-order chi connectivity index (χ1) is 36.1. The van der Waals surface area contributed by atoms with Crippen LogP contribution in [0.5, 0.6) is 0 Å². The molecule has 4 aliphatic rings. The van der Waals surface area contributed by atoms with Crippen LogP contribution in [-0.4, -0.2) is 77.3 Å². The number of nitrogens with zero attached hydrogens (tertiary/aromatic N) is 8. The Balaban J connectivity index is 0.758. The number of fused-ring (bicyclic) bond motifs is 4. The average Bonchev–Trinajstić information content (AvgIpc) is 3.77. The van der Waals surface area contributed by atoms with Gasteiger partial charge in [0.05, 0.1) is 40.5 Å². The average molecular weight is 975 g/mol. The zero-order chi connectivity index (χ0) is 50.0. The highest BCUT2D eigenvalue weighted by molar-refractivity contribution is 5.95. The lowest BCUT2D eigenvalue weighted by Crippen LogP contribution is -2.35. The Bertz CT molecular complexity index is 3900. The van der Waals surface area contributed by atoms with Crippen molar-refractivity contribution in [2.45, 2.75) is 36.5 Å². The molecule has 10 aromatic rings. The molecule has 0 radical (unpaired) electrons. The van der Waals surface area contributed by atoms with Gasteiger partial charge in [0.15, 0.2) is 0 Å². The topological polar surface area (TPSA) is 102 Å². The summed E-state index contributed by atoms with van der Waals surface area (Å²) in [5, 5.41) is 11.5. The number of pyridine rings is 2. The number of likely N-dealkylation sites (tertiary alicyclic amines) is 2. The minimum atomic E-state index is -0.460. The first-order valence-electron chi connectivity index (χ1n) is 25.2. The van der Waals surface area contributed by atoms with Crippen molar-refractivity contribution in [2.75, 3.05) is 26.2 Å². The van der Waals surface area contributed by atoms with Gasteiger partial charge in [-0.3, -0.25) is 14.6 Å². The van der Waals surface area contributed by atoms with E-state index in [1.165, 1.54) is 40.5 Å². The van der Waals surface area contributed by atoms with E-state index in [1.807, 2.05) is 55.8 Å². The van der Waals surface area contributed by atoms with Crippen molar-refractivity contribution in [3.63, 3.8) is 0 Å². The van der Waals surface area contributed by atoms with Gasteiger partial charge in [-0.2, -0.15) is 10.2 Å². The Morgan fingerprint density at radius 3 is 1.65 bits per heavy atom. The zero-order valence-electron chi connectivity index (χ0n) is 40.6. The Morgan fingerprint density at radius 2 is 1.08 bits per heavy atom. The highest BCUT2D eigenvalue weighted by atomic mass is 19.1. The molecule has 2 saturated carbocycles. The number of hydrogen-bond donors (Lipinski definition) is 0. The van der Waals surface area contributed by atoms with Crippen LogP contribution >= 0.6 is 0 Å². The monoisotopic (exact) mass is 974 g/mol. The van der Waals surface area contributed by atoms with Crippen LogP contribution in [-0.2, 0) is 10.8 Å². The van der Waals surface area contributed by atoms with Crippen molar-refractivity contribution >= 4 is 33.6 Å². The second kappa shape index (κ2) is 16.4. The maximum Gasteiger partial charge on any atom is 0.272 e. The van der Waals surface area contributed by atoms with Crippen molar-refractivity contribution in [3.05, 3.63) is 239 Å². The zero-order valence-corrected chi connectivity index (χ0v) is 40.6. The van der Waals surface area contributed by atoms with Crippen LogP contribution < -0.4 is 0 Å². The molecular weight excluding hydrogens is 927 g/mol. The van der Waals surface area contributed by atoms with E-state index in [0.29, 0.717) is 43.3 Å².